The van der Waals surface area contributed by atoms with Crippen LogP contribution in [0.5, 0.6) is 11.5 Å². The molecule has 9 nitrogen and oxygen atoms in total. The lowest BCUT2D eigenvalue weighted by Crippen LogP contribution is -2.40. The van der Waals surface area contributed by atoms with Crippen molar-refractivity contribution in [2.75, 3.05) is 69.0 Å². The van der Waals surface area contributed by atoms with Crippen LogP contribution in [0.2, 0.25) is 0 Å². The molecule has 1 aliphatic carbocycles. The topological polar surface area (TPSA) is 104 Å². The zero-order valence-electron chi connectivity index (χ0n) is 27.9. The van der Waals surface area contributed by atoms with E-state index < -0.39 is 5.41 Å². The molecule has 0 atom stereocenters. The number of nitrogens with one attached hydrogen (secondary N) is 2. The van der Waals surface area contributed by atoms with E-state index in [1.54, 1.807) is 18.2 Å². The van der Waals surface area contributed by atoms with E-state index >= 15 is 0 Å². The largest absolute Gasteiger partial charge is 0.457 e. The van der Waals surface area contributed by atoms with Crippen molar-refractivity contribution < 1.29 is 23.8 Å². The van der Waals surface area contributed by atoms with Crippen LogP contribution in [0.4, 0.5) is 11.4 Å². The molecular formula is C39H46N4O5. The number of rotatable bonds is 15. The van der Waals surface area contributed by atoms with Crippen molar-refractivity contribution in [3.63, 3.8) is 0 Å². The summed E-state index contributed by atoms with van der Waals surface area (Å²) >= 11 is 0. The van der Waals surface area contributed by atoms with Gasteiger partial charge in [0.05, 0.1) is 30.9 Å². The average Bonchev–Trinajstić information content (AvgIpc) is 3.25. The Morgan fingerprint density at radius 3 is 2.02 bits per heavy atom. The summed E-state index contributed by atoms with van der Waals surface area (Å²) < 4.78 is 18.0. The van der Waals surface area contributed by atoms with Gasteiger partial charge in [-0.15, -0.1) is 0 Å². The maximum Gasteiger partial charge on any atom is 0.251 e. The van der Waals surface area contributed by atoms with Crippen molar-refractivity contribution in [3.05, 3.63) is 82.4 Å². The van der Waals surface area contributed by atoms with E-state index in [9.17, 15) is 15.0 Å². The first kappa shape index (κ1) is 32.3. The monoisotopic (exact) mass is 650 g/mol. The van der Waals surface area contributed by atoms with Crippen molar-refractivity contribution in [3.8, 4) is 11.5 Å². The smallest absolute Gasteiger partial charge is 0.251 e. The Hall–Kier alpha value is -4.21. The van der Waals surface area contributed by atoms with Crippen LogP contribution in [-0.2, 0) is 14.9 Å². The van der Waals surface area contributed by atoms with E-state index in [0.717, 1.165) is 74.6 Å². The third-order valence-corrected chi connectivity index (χ3v) is 10.2. The number of unbranched alkanes of at least 4 members (excludes halogenated alkanes) is 4. The summed E-state index contributed by atoms with van der Waals surface area (Å²) in [6, 6.07) is 17.4. The number of hydrogen-bond acceptors (Lipinski definition) is 8. The van der Waals surface area contributed by atoms with Gasteiger partial charge in [0.1, 0.15) is 11.5 Å². The molecule has 3 aliphatic heterocycles. The van der Waals surface area contributed by atoms with Gasteiger partial charge < -0.3 is 29.3 Å². The molecule has 2 N–H and O–H groups in total. The summed E-state index contributed by atoms with van der Waals surface area (Å²) in [7, 11) is 0. The number of carbonyl (C=O) groups excluding carboxylic acids is 2. The van der Waals surface area contributed by atoms with Crippen LogP contribution in [0.25, 0.3) is 0 Å². The van der Waals surface area contributed by atoms with Gasteiger partial charge in [-0.1, -0.05) is 44.7 Å². The Labute approximate surface area is 283 Å². The number of benzene rings is 3. The number of fused-ring (bicyclic) bond motifs is 6. The van der Waals surface area contributed by atoms with Gasteiger partial charge in [0, 0.05) is 85.1 Å². The number of amides is 1. The molecule has 252 valence electrons. The minimum absolute atomic E-state index is 0.0224. The molecule has 48 heavy (non-hydrogen) atoms. The van der Waals surface area contributed by atoms with Gasteiger partial charge in [0.15, 0.2) is 0 Å². The Balaban J connectivity index is 1.10. The summed E-state index contributed by atoms with van der Waals surface area (Å²) in [6.45, 7) is 8.69. The molecule has 2 saturated heterocycles. The number of Topliss-reactive ketones (excluding diaryl/α,β-unsaturated/α-hetero) is 1. The van der Waals surface area contributed by atoms with Crippen LogP contribution in [-0.4, -0.2) is 76.6 Å². The van der Waals surface area contributed by atoms with Gasteiger partial charge in [-0.2, -0.15) is 0 Å². The Bertz CT molecular complexity index is 1630. The lowest BCUT2D eigenvalue weighted by Gasteiger charge is -2.40. The normalized spacial score (nSPS) is 16.9. The highest BCUT2D eigenvalue weighted by atomic mass is 16.5. The van der Waals surface area contributed by atoms with Crippen LogP contribution < -0.4 is 19.9 Å². The maximum atomic E-state index is 13.8. The summed E-state index contributed by atoms with van der Waals surface area (Å²) in [6.07, 6.45) is 8.36. The van der Waals surface area contributed by atoms with Gasteiger partial charge in [0.2, 0.25) is 5.78 Å². The molecule has 9 heteroatoms. The Morgan fingerprint density at radius 2 is 1.42 bits per heavy atom. The van der Waals surface area contributed by atoms with Crippen molar-refractivity contribution >= 4 is 28.8 Å². The van der Waals surface area contributed by atoms with E-state index in [1.807, 2.05) is 24.3 Å². The van der Waals surface area contributed by atoms with Crippen molar-refractivity contribution in [1.29, 1.82) is 5.41 Å². The van der Waals surface area contributed by atoms with E-state index in [2.05, 4.69) is 34.2 Å². The third kappa shape index (κ3) is 5.87. The van der Waals surface area contributed by atoms with Gasteiger partial charge >= 0.3 is 0 Å². The lowest BCUT2D eigenvalue weighted by atomic mass is 9.67. The molecule has 3 aromatic rings. The number of ether oxygens (including phenoxy) is 3. The second-order valence-electron chi connectivity index (χ2n) is 13.3. The SMILES string of the molecule is CCCCCCCOCCOCCNC(=O)c1ccc2c(c1)C1(C(=N)C2=O)c2ccc(N3CCC3)cc2Oc2cc(N3CCC3)ccc21. The first-order valence-electron chi connectivity index (χ1n) is 17.7. The Morgan fingerprint density at radius 1 is 0.792 bits per heavy atom. The lowest BCUT2D eigenvalue weighted by molar-refractivity contribution is 0.0468. The molecule has 1 spiro atoms. The number of ketones is 1. The maximum absolute atomic E-state index is 13.8. The van der Waals surface area contributed by atoms with Crippen molar-refractivity contribution in [2.24, 2.45) is 0 Å². The highest BCUT2D eigenvalue weighted by Crippen LogP contribution is 2.57. The number of nitrogens with zero attached hydrogens (tertiary/aromatic N) is 2. The molecule has 0 aromatic heterocycles. The number of hydrogen-bond donors (Lipinski definition) is 2. The van der Waals surface area contributed by atoms with E-state index in [0.29, 0.717) is 54.6 Å². The summed E-state index contributed by atoms with van der Waals surface area (Å²) in [5.74, 6) is 0.710. The van der Waals surface area contributed by atoms with Crippen molar-refractivity contribution in [2.45, 2.75) is 57.3 Å². The highest BCUT2D eigenvalue weighted by Gasteiger charge is 2.56. The fraction of sp³-hybridized carbons (Fsp3) is 0.462. The van der Waals surface area contributed by atoms with Gasteiger partial charge in [-0.05, 0) is 55.2 Å². The summed E-state index contributed by atoms with van der Waals surface area (Å²) in [5, 5.41) is 12.4. The average molecular weight is 651 g/mol. The standard InChI is InChI=1S/C39H46N4O5/c1-2-3-4-5-6-20-46-22-23-47-21-15-41-38(45)27-9-12-30-33(24-27)39(37(40)36(30)44)31-13-10-28(42-16-7-17-42)25-34(31)48-35-26-29(11-14-32(35)39)43-18-8-19-43/h9-14,24-26,40H,2-8,15-23H2,1H3,(H,41,45). The number of carbonyl (C=O) groups is 2. The number of anilines is 2. The predicted octanol–water partition coefficient (Wildman–Crippen LogP) is 6.50. The zero-order valence-corrected chi connectivity index (χ0v) is 27.9. The molecule has 0 radical (unpaired) electrons. The van der Waals surface area contributed by atoms with Crippen LogP contribution >= 0.6 is 0 Å². The second kappa shape index (κ2) is 14.1. The fourth-order valence-corrected chi connectivity index (χ4v) is 7.28. The summed E-state index contributed by atoms with van der Waals surface area (Å²) in [4.78, 5) is 31.8. The van der Waals surface area contributed by atoms with Gasteiger partial charge in [-0.3, -0.25) is 15.0 Å². The molecular weight excluding hydrogens is 604 g/mol. The molecule has 7 rings (SSSR count). The minimum Gasteiger partial charge on any atom is -0.457 e. The zero-order chi connectivity index (χ0) is 33.1. The molecule has 3 aromatic carbocycles. The Kier molecular flexibility index (Phi) is 9.50. The molecule has 4 aliphatic rings. The van der Waals surface area contributed by atoms with Crippen molar-refractivity contribution in [1.82, 2.24) is 5.32 Å². The highest BCUT2D eigenvalue weighted by molar-refractivity contribution is 6.53. The van der Waals surface area contributed by atoms with Crippen LogP contribution in [0.1, 0.15) is 89.3 Å². The summed E-state index contributed by atoms with van der Waals surface area (Å²) in [5.41, 5.74) is 3.96. The van der Waals surface area contributed by atoms with Crippen LogP contribution in [0, 0.1) is 5.41 Å². The first-order valence-corrected chi connectivity index (χ1v) is 17.7. The van der Waals surface area contributed by atoms with E-state index in [-0.39, 0.29) is 17.4 Å². The van der Waals surface area contributed by atoms with E-state index in [4.69, 9.17) is 14.2 Å². The van der Waals surface area contributed by atoms with E-state index in [1.165, 1.54) is 25.7 Å². The van der Waals surface area contributed by atoms with Crippen LogP contribution in [0.3, 0.4) is 0 Å². The minimum atomic E-state index is -1.19. The molecule has 3 heterocycles. The first-order chi connectivity index (χ1) is 23.5. The third-order valence-electron chi connectivity index (χ3n) is 10.2. The predicted molar refractivity (Wildman–Crippen MR) is 188 cm³/mol. The molecule has 2 fully saturated rings. The molecule has 0 saturated carbocycles. The molecule has 0 bridgehead atoms. The van der Waals surface area contributed by atoms with Gasteiger partial charge in [0.25, 0.3) is 5.91 Å². The second-order valence-corrected chi connectivity index (χ2v) is 13.3. The molecule has 1 amide bonds. The quantitative estimate of drug-likeness (QED) is 0.181. The fourth-order valence-electron chi connectivity index (χ4n) is 7.28. The van der Waals surface area contributed by atoms with Gasteiger partial charge in [-0.25, -0.2) is 0 Å². The molecule has 0 unspecified atom stereocenters. The van der Waals surface area contributed by atoms with Crippen LogP contribution in [0.15, 0.2) is 54.6 Å².